The Bertz CT molecular complexity index is 2570. The van der Waals surface area contributed by atoms with E-state index in [-0.39, 0.29) is 0 Å². The highest BCUT2D eigenvalue weighted by Gasteiger charge is 2.20. The molecule has 0 aliphatic carbocycles. The van der Waals surface area contributed by atoms with Gasteiger partial charge in [-0.25, -0.2) is 0 Å². The SMILES string of the molecule is N#Cc1cc(C#N)cc(-c2cc(-c3cccc4c3sc3ccccc34)cc(-c3cccc4c3sc3ccccc34)c2C#N)c1. The number of fused-ring (bicyclic) bond motifs is 6. The summed E-state index contributed by atoms with van der Waals surface area (Å²) in [5.74, 6) is 0. The van der Waals surface area contributed by atoms with Crippen LogP contribution in [0, 0.1) is 34.0 Å². The van der Waals surface area contributed by atoms with Crippen molar-refractivity contribution in [1.29, 1.82) is 15.8 Å². The van der Waals surface area contributed by atoms with Crippen LogP contribution in [0.25, 0.3) is 73.7 Å². The molecule has 0 N–H and O–H groups in total. The van der Waals surface area contributed by atoms with Gasteiger partial charge in [0.05, 0.1) is 28.8 Å². The van der Waals surface area contributed by atoms with Crippen molar-refractivity contribution in [2.45, 2.75) is 0 Å². The van der Waals surface area contributed by atoms with Crippen molar-refractivity contribution < 1.29 is 0 Å². The number of nitrogens with zero attached hydrogens (tertiary/aromatic N) is 3. The van der Waals surface area contributed by atoms with Crippen LogP contribution in [0.5, 0.6) is 0 Å². The average molecular weight is 594 g/mol. The van der Waals surface area contributed by atoms with E-state index in [1.807, 2.05) is 6.07 Å². The first-order valence-electron chi connectivity index (χ1n) is 14.0. The largest absolute Gasteiger partial charge is 0.192 e. The molecular weight excluding hydrogens is 575 g/mol. The van der Waals surface area contributed by atoms with Crippen LogP contribution in [0.1, 0.15) is 16.7 Å². The van der Waals surface area contributed by atoms with E-state index in [1.165, 1.54) is 30.3 Å². The predicted molar refractivity (Wildman–Crippen MR) is 183 cm³/mol. The molecule has 0 saturated carbocycles. The first-order valence-corrected chi connectivity index (χ1v) is 15.6. The van der Waals surface area contributed by atoms with Crippen LogP contribution in [0.15, 0.2) is 115 Å². The lowest BCUT2D eigenvalue weighted by Crippen LogP contribution is -1.94. The molecular formula is C39H19N3S2. The second-order valence-electron chi connectivity index (χ2n) is 10.6. The third-order valence-electron chi connectivity index (χ3n) is 8.16. The molecule has 6 aromatic carbocycles. The summed E-state index contributed by atoms with van der Waals surface area (Å²) in [7, 11) is 0. The van der Waals surface area contributed by atoms with Crippen molar-refractivity contribution in [3.05, 3.63) is 132 Å². The second kappa shape index (κ2) is 10.2. The molecule has 8 rings (SSSR count). The van der Waals surface area contributed by atoms with Crippen molar-refractivity contribution in [3.8, 4) is 51.6 Å². The van der Waals surface area contributed by atoms with E-state index in [9.17, 15) is 15.8 Å². The fraction of sp³-hybridized carbons (Fsp3) is 0. The Kier molecular flexibility index (Phi) is 6.00. The Morgan fingerprint density at radius 2 is 0.909 bits per heavy atom. The standard InChI is InChI=1S/C39H19N3S2/c40-20-23-15-24(21-41)17-25(16-23)33-18-26(27-9-5-10-30-28-7-1-3-13-36(28)43-38(27)30)19-34(35(33)22-42)32-12-6-11-31-29-8-2-4-14-37(29)44-39(31)32/h1-19H. The zero-order valence-electron chi connectivity index (χ0n) is 23.1. The van der Waals surface area contributed by atoms with Crippen LogP contribution in [0.4, 0.5) is 0 Å². The van der Waals surface area contributed by atoms with Gasteiger partial charge in [0, 0.05) is 57.0 Å². The predicted octanol–water partition coefficient (Wildman–Crippen LogP) is 11.0. The third-order valence-corrected chi connectivity index (χ3v) is 10.6. The smallest absolute Gasteiger partial charge is 0.100 e. The normalized spacial score (nSPS) is 11.1. The zero-order valence-corrected chi connectivity index (χ0v) is 24.8. The lowest BCUT2D eigenvalue weighted by atomic mass is 9.87. The van der Waals surface area contributed by atoms with E-state index in [2.05, 4.69) is 109 Å². The second-order valence-corrected chi connectivity index (χ2v) is 12.7. The van der Waals surface area contributed by atoms with Crippen LogP contribution in [-0.4, -0.2) is 0 Å². The number of hydrogen-bond acceptors (Lipinski definition) is 5. The van der Waals surface area contributed by atoms with Gasteiger partial charge in [-0.2, -0.15) is 15.8 Å². The van der Waals surface area contributed by atoms with Crippen molar-refractivity contribution in [3.63, 3.8) is 0 Å². The highest BCUT2D eigenvalue weighted by Crippen LogP contribution is 2.46. The number of hydrogen-bond donors (Lipinski definition) is 0. The fourth-order valence-corrected chi connectivity index (χ4v) is 8.67. The maximum Gasteiger partial charge on any atom is 0.100 e. The molecule has 0 bridgehead atoms. The maximum absolute atomic E-state index is 10.7. The summed E-state index contributed by atoms with van der Waals surface area (Å²) in [6.07, 6.45) is 0. The molecule has 202 valence electrons. The summed E-state index contributed by atoms with van der Waals surface area (Å²) in [4.78, 5) is 0. The van der Waals surface area contributed by atoms with Gasteiger partial charge in [0.15, 0.2) is 0 Å². The Hall–Kier alpha value is -5.77. The molecule has 0 saturated heterocycles. The van der Waals surface area contributed by atoms with Crippen molar-refractivity contribution in [1.82, 2.24) is 0 Å². The molecule has 0 spiro atoms. The average Bonchev–Trinajstić information content (AvgIpc) is 3.66. The number of benzene rings is 6. The lowest BCUT2D eigenvalue weighted by Gasteiger charge is -2.16. The van der Waals surface area contributed by atoms with Crippen LogP contribution in [-0.2, 0) is 0 Å². The highest BCUT2D eigenvalue weighted by molar-refractivity contribution is 7.26. The minimum Gasteiger partial charge on any atom is -0.192 e. The van der Waals surface area contributed by atoms with Crippen molar-refractivity contribution in [2.24, 2.45) is 0 Å². The zero-order chi connectivity index (χ0) is 29.8. The Balaban J connectivity index is 1.50. The van der Waals surface area contributed by atoms with Gasteiger partial charge >= 0.3 is 0 Å². The van der Waals surface area contributed by atoms with E-state index in [1.54, 1.807) is 40.9 Å². The number of rotatable bonds is 3. The molecule has 0 aliphatic rings. The first-order chi connectivity index (χ1) is 21.7. The van der Waals surface area contributed by atoms with Gasteiger partial charge in [0.2, 0.25) is 0 Å². The van der Waals surface area contributed by atoms with Crippen LogP contribution < -0.4 is 0 Å². The summed E-state index contributed by atoms with van der Waals surface area (Å²) >= 11 is 3.49. The van der Waals surface area contributed by atoms with Gasteiger partial charge in [-0.05, 0) is 59.2 Å². The highest BCUT2D eigenvalue weighted by atomic mass is 32.1. The van der Waals surface area contributed by atoms with Gasteiger partial charge in [-0.1, -0.05) is 72.8 Å². The summed E-state index contributed by atoms with van der Waals surface area (Å²) in [5, 5.41) is 35.1. The molecule has 2 aromatic heterocycles. The minimum atomic E-state index is 0.383. The van der Waals surface area contributed by atoms with E-state index in [4.69, 9.17) is 0 Å². The van der Waals surface area contributed by atoms with Gasteiger partial charge < -0.3 is 0 Å². The molecule has 8 aromatic rings. The van der Waals surface area contributed by atoms with E-state index < -0.39 is 0 Å². The minimum absolute atomic E-state index is 0.383. The molecule has 0 aliphatic heterocycles. The molecule has 5 heteroatoms. The Morgan fingerprint density at radius 1 is 0.409 bits per heavy atom. The quantitative estimate of drug-likeness (QED) is 0.205. The maximum atomic E-state index is 10.7. The monoisotopic (exact) mass is 593 g/mol. The summed E-state index contributed by atoms with van der Waals surface area (Å²) < 4.78 is 4.72. The van der Waals surface area contributed by atoms with Crippen LogP contribution in [0.3, 0.4) is 0 Å². The van der Waals surface area contributed by atoms with Gasteiger partial charge in [0.25, 0.3) is 0 Å². The molecule has 0 unspecified atom stereocenters. The Labute approximate surface area is 261 Å². The molecule has 3 nitrogen and oxygen atoms in total. The number of thiophene rings is 2. The van der Waals surface area contributed by atoms with Gasteiger partial charge in [0.1, 0.15) is 6.07 Å². The molecule has 0 atom stereocenters. The van der Waals surface area contributed by atoms with Crippen LogP contribution in [0.2, 0.25) is 0 Å². The molecule has 0 radical (unpaired) electrons. The lowest BCUT2D eigenvalue weighted by molar-refractivity contribution is 1.43. The fourth-order valence-electron chi connectivity index (χ4n) is 6.20. The molecule has 0 amide bonds. The van der Waals surface area contributed by atoms with E-state index in [0.717, 1.165) is 32.3 Å². The van der Waals surface area contributed by atoms with Crippen LogP contribution >= 0.6 is 22.7 Å². The summed E-state index contributed by atoms with van der Waals surface area (Å²) in [5.41, 5.74) is 6.53. The van der Waals surface area contributed by atoms with Gasteiger partial charge in [-0.3, -0.25) is 0 Å². The van der Waals surface area contributed by atoms with Crippen molar-refractivity contribution in [2.75, 3.05) is 0 Å². The Morgan fingerprint density at radius 3 is 1.50 bits per heavy atom. The molecule has 0 fully saturated rings. The summed E-state index contributed by atoms with van der Waals surface area (Å²) in [6.45, 7) is 0. The van der Waals surface area contributed by atoms with Crippen molar-refractivity contribution >= 4 is 63.0 Å². The number of nitriles is 3. The topological polar surface area (TPSA) is 71.4 Å². The summed E-state index contributed by atoms with van der Waals surface area (Å²) in [6, 6.07) is 45.7. The van der Waals surface area contributed by atoms with E-state index >= 15 is 0 Å². The van der Waals surface area contributed by atoms with E-state index in [0.29, 0.717) is 27.8 Å². The third kappa shape index (κ3) is 3.98. The molecule has 44 heavy (non-hydrogen) atoms. The van der Waals surface area contributed by atoms with Gasteiger partial charge in [-0.15, -0.1) is 22.7 Å². The first kappa shape index (κ1) is 25.9. The molecule has 2 heterocycles.